The summed E-state index contributed by atoms with van der Waals surface area (Å²) in [5, 5.41) is 3.68. The van der Waals surface area contributed by atoms with Crippen LogP contribution in [0, 0.1) is 0 Å². The Kier molecular flexibility index (Phi) is 8.82. The van der Waals surface area contributed by atoms with E-state index in [1.54, 1.807) is 3.71 Å². The maximum absolute atomic E-state index is 5.22. The number of hydrogen-bond acceptors (Lipinski definition) is 2. The van der Waals surface area contributed by atoms with Crippen LogP contribution in [0.3, 0.4) is 0 Å². The molecule has 0 saturated heterocycles. The molecular weight excluding hydrogens is 417 g/mol. The van der Waals surface area contributed by atoms with Crippen molar-refractivity contribution in [3.63, 3.8) is 0 Å². The quantitative estimate of drug-likeness (QED) is 0.341. The fourth-order valence-corrected chi connectivity index (χ4v) is 21.5. The average molecular weight is 450 g/mol. The molecule has 1 aromatic heterocycles. The molecule has 3 heteroatoms. The van der Waals surface area contributed by atoms with E-state index < -0.39 is 18.4 Å². The second-order valence-corrected chi connectivity index (χ2v) is 20.9. The summed E-state index contributed by atoms with van der Waals surface area (Å²) in [7, 11) is 0. The molecule has 0 saturated carbocycles. The van der Waals surface area contributed by atoms with Gasteiger partial charge in [-0.3, -0.25) is 0 Å². The van der Waals surface area contributed by atoms with Crippen LogP contribution in [0.5, 0.6) is 0 Å². The summed E-state index contributed by atoms with van der Waals surface area (Å²) in [6.45, 7) is 7.02. The molecule has 0 unspecified atom stereocenters. The standard InChI is InChI=1S/C9H6NS.3C4H9.Sn/c1-2-4-8(5-3-1)9-10-6-7-11-9;3*1-3-4-2;/h1-5,7H;3*1,3-4H2,2H3;. The Morgan fingerprint density at radius 2 is 1.38 bits per heavy atom. The van der Waals surface area contributed by atoms with Crippen molar-refractivity contribution in [2.45, 2.75) is 72.6 Å². The minimum absolute atomic E-state index is 1.23. The van der Waals surface area contributed by atoms with Gasteiger partial charge in [0.15, 0.2) is 0 Å². The first-order valence-corrected chi connectivity index (χ1v) is 18.1. The van der Waals surface area contributed by atoms with E-state index in [1.165, 1.54) is 62.4 Å². The molecule has 0 aliphatic heterocycles. The van der Waals surface area contributed by atoms with Gasteiger partial charge in [-0.15, -0.1) is 0 Å². The molecule has 0 bridgehead atoms. The first-order valence-electron chi connectivity index (χ1n) is 9.77. The van der Waals surface area contributed by atoms with Gasteiger partial charge in [-0.1, -0.05) is 0 Å². The second kappa shape index (κ2) is 10.6. The van der Waals surface area contributed by atoms with Gasteiger partial charge >= 0.3 is 157 Å². The Balaban J connectivity index is 2.31. The van der Waals surface area contributed by atoms with Crippen LogP contribution >= 0.6 is 11.3 Å². The van der Waals surface area contributed by atoms with Gasteiger partial charge in [-0.2, -0.15) is 0 Å². The summed E-state index contributed by atoms with van der Waals surface area (Å²) >= 11 is -0.469. The topological polar surface area (TPSA) is 12.9 Å². The molecule has 132 valence electrons. The molecule has 0 spiro atoms. The minimum atomic E-state index is -2.34. The van der Waals surface area contributed by atoms with E-state index >= 15 is 0 Å². The van der Waals surface area contributed by atoms with Crippen molar-refractivity contribution in [1.82, 2.24) is 4.98 Å². The fourth-order valence-electron chi connectivity index (χ4n) is 3.54. The monoisotopic (exact) mass is 451 g/mol. The van der Waals surface area contributed by atoms with Crippen molar-refractivity contribution in [1.29, 1.82) is 0 Å². The number of rotatable bonds is 11. The van der Waals surface area contributed by atoms with Crippen LogP contribution in [0.4, 0.5) is 0 Å². The van der Waals surface area contributed by atoms with Crippen molar-refractivity contribution in [2.75, 3.05) is 0 Å². The molecule has 2 aromatic rings. The SMILES string of the molecule is CCC[CH2][Sn]([CH2]CCC)([CH2]CCC)[c]1csc(-c2ccccc2)n1. The zero-order valence-electron chi connectivity index (χ0n) is 15.7. The summed E-state index contributed by atoms with van der Waals surface area (Å²) in [5.41, 5.74) is 1.29. The van der Waals surface area contributed by atoms with Crippen molar-refractivity contribution in [2.24, 2.45) is 0 Å². The Morgan fingerprint density at radius 1 is 0.833 bits per heavy atom. The Morgan fingerprint density at radius 3 is 1.88 bits per heavy atom. The number of thiazole rings is 1. The zero-order chi connectivity index (χ0) is 17.3. The van der Waals surface area contributed by atoms with E-state index in [2.05, 4.69) is 56.5 Å². The van der Waals surface area contributed by atoms with Crippen LogP contribution in [0.2, 0.25) is 13.3 Å². The summed E-state index contributed by atoms with van der Waals surface area (Å²) in [6.07, 6.45) is 8.19. The first-order chi connectivity index (χ1) is 11.8. The van der Waals surface area contributed by atoms with Gasteiger partial charge in [0.05, 0.1) is 0 Å². The predicted octanol–water partition coefficient (Wildman–Crippen LogP) is 6.87. The van der Waals surface area contributed by atoms with E-state index in [0.717, 1.165) is 0 Å². The molecule has 1 aromatic carbocycles. The van der Waals surface area contributed by atoms with Crippen LogP contribution in [0.25, 0.3) is 10.6 Å². The Bertz CT molecular complexity index is 557. The summed E-state index contributed by atoms with van der Waals surface area (Å²) in [6, 6.07) is 10.7. The molecule has 0 atom stereocenters. The van der Waals surface area contributed by atoms with Crippen molar-refractivity contribution in [3.05, 3.63) is 35.7 Å². The molecule has 0 aliphatic carbocycles. The van der Waals surface area contributed by atoms with Gasteiger partial charge in [0.2, 0.25) is 0 Å². The maximum atomic E-state index is 5.22. The Labute approximate surface area is 156 Å². The third kappa shape index (κ3) is 5.32. The van der Waals surface area contributed by atoms with Gasteiger partial charge in [-0.25, -0.2) is 0 Å². The van der Waals surface area contributed by atoms with Gasteiger partial charge in [-0.05, 0) is 0 Å². The third-order valence-corrected chi connectivity index (χ3v) is 21.6. The number of aromatic nitrogens is 1. The Hall–Kier alpha value is -0.351. The number of unbranched alkanes of at least 4 members (excludes halogenated alkanes) is 3. The molecule has 1 nitrogen and oxygen atoms in total. The molecule has 24 heavy (non-hydrogen) atoms. The van der Waals surface area contributed by atoms with Gasteiger partial charge in [0, 0.05) is 0 Å². The normalized spacial score (nSPS) is 11.8. The number of nitrogens with zero attached hydrogens (tertiary/aromatic N) is 1. The van der Waals surface area contributed by atoms with Crippen LogP contribution in [-0.4, -0.2) is 23.4 Å². The van der Waals surface area contributed by atoms with E-state index in [-0.39, 0.29) is 0 Å². The predicted molar refractivity (Wildman–Crippen MR) is 112 cm³/mol. The van der Waals surface area contributed by atoms with Crippen molar-refractivity contribution in [3.8, 4) is 10.6 Å². The third-order valence-electron chi connectivity index (χ3n) is 5.09. The van der Waals surface area contributed by atoms with Crippen molar-refractivity contribution >= 4 is 33.4 Å². The molecule has 1 heterocycles. The van der Waals surface area contributed by atoms with Crippen LogP contribution < -0.4 is 3.71 Å². The molecule has 0 aliphatic rings. The number of benzene rings is 1. The van der Waals surface area contributed by atoms with E-state index in [0.29, 0.717) is 0 Å². The second-order valence-electron chi connectivity index (χ2n) is 6.99. The van der Waals surface area contributed by atoms with E-state index in [9.17, 15) is 0 Å². The van der Waals surface area contributed by atoms with Gasteiger partial charge in [0.1, 0.15) is 0 Å². The molecule has 0 amide bonds. The number of hydrogen-bond donors (Lipinski definition) is 0. The average Bonchev–Trinajstić information content (AvgIpc) is 3.13. The van der Waals surface area contributed by atoms with Crippen LogP contribution in [0.1, 0.15) is 59.3 Å². The van der Waals surface area contributed by atoms with Crippen LogP contribution in [0.15, 0.2) is 35.7 Å². The molecule has 0 fully saturated rings. The summed E-state index contributed by atoms with van der Waals surface area (Å²) < 4.78 is 6.08. The zero-order valence-corrected chi connectivity index (χ0v) is 19.4. The van der Waals surface area contributed by atoms with E-state index in [1.807, 2.05) is 11.3 Å². The first kappa shape index (κ1) is 20.0. The molecular formula is C21H33NSSn. The summed E-state index contributed by atoms with van der Waals surface area (Å²) in [5.74, 6) is 0. The van der Waals surface area contributed by atoms with Gasteiger partial charge in [0.25, 0.3) is 0 Å². The van der Waals surface area contributed by atoms with Gasteiger partial charge < -0.3 is 0 Å². The van der Waals surface area contributed by atoms with Crippen molar-refractivity contribution < 1.29 is 0 Å². The molecule has 2 rings (SSSR count). The summed E-state index contributed by atoms with van der Waals surface area (Å²) in [4.78, 5) is 5.22. The fraction of sp³-hybridized carbons (Fsp3) is 0.571. The van der Waals surface area contributed by atoms with E-state index in [4.69, 9.17) is 4.98 Å². The molecule has 0 N–H and O–H groups in total. The molecule has 0 radical (unpaired) electrons. The van der Waals surface area contributed by atoms with Crippen LogP contribution in [-0.2, 0) is 0 Å².